The number of aryl methyl sites for hydroxylation is 1. The molecule has 0 aliphatic heterocycles. The summed E-state index contributed by atoms with van der Waals surface area (Å²) in [6, 6.07) is 0.264. The Morgan fingerprint density at radius 2 is 2.41 bits per heavy atom. The van der Waals surface area contributed by atoms with Crippen molar-refractivity contribution < 1.29 is 0 Å². The van der Waals surface area contributed by atoms with Crippen LogP contribution in [0.3, 0.4) is 0 Å². The van der Waals surface area contributed by atoms with Gasteiger partial charge in [-0.05, 0) is 25.7 Å². The Morgan fingerprint density at radius 1 is 1.59 bits per heavy atom. The molecule has 3 N–H and O–H groups in total. The van der Waals surface area contributed by atoms with E-state index in [9.17, 15) is 4.79 Å². The summed E-state index contributed by atoms with van der Waals surface area (Å²) in [4.78, 5) is 16.0. The molecule has 1 heterocycles. The average molecular weight is 236 g/mol. The van der Waals surface area contributed by atoms with Crippen LogP contribution in [-0.4, -0.2) is 22.1 Å². The zero-order chi connectivity index (χ0) is 12.3. The highest BCUT2D eigenvalue weighted by Crippen LogP contribution is 2.23. The van der Waals surface area contributed by atoms with E-state index in [0.29, 0.717) is 18.3 Å². The number of nitrogens with one attached hydrogen (secondary N) is 1. The first kappa shape index (κ1) is 12.1. The molecule has 5 nitrogen and oxygen atoms in total. The molecule has 2 unspecified atom stereocenters. The molecule has 1 aliphatic carbocycles. The summed E-state index contributed by atoms with van der Waals surface area (Å²) in [7, 11) is 0. The lowest BCUT2D eigenvalue weighted by Gasteiger charge is -2.16. The topological polar surface area (TPSA) is 72.9 Å². The molecule has 1 fully saturated rings. The van der Waals surface area contributed by atoms with Crippen molar-refractivity contribution in [2.45, 2.75) is 38.8 Å². The molecule has 1 aliphatic rings. The van der Waals surface area contributed by atoms with Crippen molar-refractivity contribution in [1.29, 1.82) is 0 Å². The molecular weight excluding hydrogens is 216 g/mol. The normalized spacial score (nSPS) is 23.9. The highest BCUT2D eigenvalue weighted by molar-refractivity contribution is 5.30. The molecular formula is C12H20N4O. The van der Waals surface area contributed by atoms with Crippen LogP contribution in [0.1, 0.15) is 26.2 Å². The first-order valence-electron chi connectivity index (χ1n) is 6.27. The number of nitrogens with zero attached hydrogens (tertiary/aromatic N) is 2. The lowest BCUT2D eigenvalue weighted by molar-refractivity contribution is 0.504. The van der Waals surface area contributed by atoms with Gasteiger partial charge in [0.05, 0.1) is 0 Å². The van der Waals surface area contributed by atoms with Crippen LogP contribution < -0.4 is 16.6 Å². The van der Waals surface area contributed by atoms with Gasteiger partial charge in [0.1, 0.15) is 0 Å². The third-order valence-corrected chi connectivity index (χ3v) is 3.50. The van der Waals surface area contributed by atoms with Gasteiger partial charge in [-0.15, -0.1) is 0 Å². The fraction of sp³-hybridized carbons (Fsp3) is 0.667. The second-order valence-electron chi connectivity index (χ2n) is 4.60. The molecule has 5 heteroatoms. The first-order valence-corrected chi connectivity index (χ1v) is 6.27. The number of hydrogen-bond donors (Lipinski definition) is 2. The van der Waals surface area contributed by atoms with Gasteiger partial charge >= 0.3 is 0 Å². The van der Waals surface area contributed by atoms with Crippen molar-refractivity contribution in [3.05, 3.63) is 22.7 Å². The van der Waals surface area contributed by atoms with Crippen molar-refractivity contribution in [3.8, 4) is 0 Å². The van der Waals surface area contributed by atoms with Crippen LogP contribution in [0.15, 0.2) is 17.2 Å². The lowest BCUT2D eigenvalue weighted by atomic mass is 10.1. The second kappa shape index (κ2) is 5.31. The minimum atomic E-state index is -0.0541. The Kier molecular flexibility index (Phi) is 3.78. The summed E-state index contributed by atoms with van der Waals surface area (Å²) in [6.07, 6.45) is 6.78. The van der Waals surface area contributed by atoms with Crippen LogP contribution in [0, 0.1) is 5.92 Å². The largest absolute Gasteiger partial charge is 0.365 e. The fourth-order valence-corrected chi connectivity index (χ4v) is 2.36. The molecule has 0 saturated heterocycles. The van der Waals surface area contributed by atoms with Crippen LogP contribution in [-0.2, 0) is 6.54 Å². The van der Waals surface area contributed by atoms with Gasteiger partial charge in [-0.2, -0.15) is 0 Å². The van der Waals surface area contributed by atoms with E-state index in [2.05, 4.69) is 10.3 Å². The highest BCUT2D eigenvalue weighted by Gasteiger charge is 2.23. The predicted octanol–water partition coefficient (Wildman–Crippen LogP) is 0.802. The maximum Gasteiger partial charge on any atom is 0.293 e. The summed E-state index contributed by atoms with van der Waals surface area (Å²) in [5.41, 5.74) is 5.94. The van der Waals surface area contributed by atoms with Crippen molar-refractivity contribution >= 4 is 5.82 Å². The molecule has 2 rings (SSSR count). The molecule has 0 radical (unpaired) electrons. The Bertz CT molecular complexity index is 429. The van der Waals surface area contributed by atoms with Gasteiger partial charge in [0.15, 0.2) is 5.82 Å². The third kappa shape index (κ3) is 2.66. The van der Waals surface area contributed by atoms with Crippen molar-refractivity contribution in [1.82, 2.24) is 9.55 Å². The Morgan fingerprint density at radius 3 is 3.06 bits per heavy atom. The molecule has 0 spiro atoms. The Balaban J connectivity index is 2.01. The van der Waals surface area contributed by atoms with Gasteiger partial charge in [0, 0.05) is 31.5 Å². The van der Waals surface area contributed by atoms with Crippen molar-refractivity contribution in [2.24, 2.45) is 11.7 Å². The summed E-state index contributed by atoms with van der Waals surface area (Å²) in [5.74, 6) is 0.903. The Hall–Kier alpha value is -1.36. The summed E-state index contributed by atoms with van der Waals surface area (Å²) < 4.78 is 1.64. The van der Waals surface area contributed by atoms with E-state index in [0.717, 1.165) is 19.4 Å². The quantitative estimate of drug-likeness (QED) is 0.811. The van der Waals surface area contributed by atoms with Crippen LogP contribution in [0.25, 0.3) is 0 Å². The number of nitrogens with two attached hydrogens (primary N) is 1. The van der Waals surface area contributed by atoms with E-state index in [1.165, 1.54) is 6.42 Å². The minimum Gasteiger partial charge on any atom is -0.365 e. The SMILES string of the molecule is CCn1ccnc(NCC2CCCC2N)c1=O. The number of anilines is 1. The van der Waals surface area contributed by atoms with E-state index in [1.54, 1.807) is 17.0 Å². The predicted molar refractivity (Wildman–Crippen MR) is 68.0 cm³/mol. The third-order valence-electron chi connectivity index (χ3n) is 3.50. The average Bonchev–Trinajstić information content (AvgIpc) is 2.74. The number of rotatable bonds is 4. The van der Waals surface area contributed by atoms with Crippen molar-refractivity contribution in [2.75, 3.05) is 11.9 Å². The van der Waals surface area contributed by atoms with Gasteiger partial charge in [0.25, 0.3) is 5.56 Å². The second-order valence-corrected chi connectivity index (χ2v) is 4.60. The number of hydrogen-bond acceptors (Lipinski definition) is 4. The van der Waals surface area contributed by atoms with Gasteiger partial charge in [-0.1, -0.05) is 6.42 Å². The van der Waals surface area contributed by atoms with E-state index < -0.39 is 0 Å². The van der Waals surface area contributed by atoms with Crippen LogP contribution in [0.2, 0.25) is 0 Å². The van der Waals surface area contributed by atoms with E-state index in [1.807, 2.05) is 6.92 Å². The summed E-state index contributed by atoms with van der Waals surface area (Å²) in [5, 5.41) is 3.14. The standard InChI is InChI=1S/C12H20N4O/c1-2-16-7-6-14-11(12(16)17)15-8-9-4-3-5-10(9)13/h6-7,9-10H,2-5,8,13H2,1H3,(H,14,15). The van der Waals surface area contributed by atoms with E-state index in [-0.39, 0.29) is 11.6 Å². The van der Waals surface area contributed by atoms with E-state index >= 15 is 0 Å². The first-order chi connectivity index (χ1) is 8.22. The molecule has 17 heavy (non-hydrogen) atoms. The van der Waals surface area contributed by atoms with Gasteiger partial charge in [-0.25, -0.2) is 4.98 Å². The van der Waals surface area contributed by atoms with Crippen LogP contribution in [0.4, 0.5) is 5.82 Å². The van der Waals surface area contributed by atoms with Gasteiger partial charge < -0.3 is 15.6 Å². The zero-order valence-electron chi connectivity index (χ0n) is 10.2. The van der Waals surface area contributed by atoms with Crippen LogP contribution >= 0.6 is 0 Å². The molecule has 1 aromatic heterocycles. The molecule has 0 bridgehead atoms. The fourth-order valence-electron chi connectivity index (χ4n) is 2.36. The van der Waals surface area contributed by atoms with E-state index in [4.69, 9.17) is 5.73 Å². The molecule has 2 atom stereocenters. The lowest BCUT2D eigenvalue weighted by Crippen LogP contribution is -2.32. The summed E-state index contributed by atoms with van der Waals surface area (Å²) >= 11 is 0. The Labute approximate surface area is 101 Å². The smallest absolute Gasteiger partial charge is 0.293 e. The van der Waals surface area contributed by atoms with Gasteiger partial charge in [-0.3, -0.25) is 4.79 Å². The van der Waals surface area contributed by atoms with Crippen molar-refractivity contribution in [3.63, 3.8) is 0 Å². The molecule has 1 saturated carbocycles. The molecule has 0 aromatic carbocycles. The van der Waals surface area contributed by atoms with Crippen LogP contribution in [0.5, 0.6) is 0 Å². The monoisotopic (exact) mass is 236 g/mol. The molecule has 1 aromatic rings. The maximum atomic E-state index is 11.9. The number of aromatic nitrogens is 2. The zero-order valence-corrected chi connectivity index (χ0v) is 10.2. The highest BCUT2D eigenvalue weighted by atomic mass is 16.1. The summed E-state index contributed by atoms with van der Waals surface area (Å²) in [6.45, 7) is 3.36. The minimum absolute atomic E-state index is 0.0541. The molecule has 0 amide bonds. The maximum absolute atomic E-state index is 11.9. The van der Waals surface area contributed by atoms with Gasteiger partial charge in [0.2, 0.25) is 0 Å². The molecule has 94 valence electrons.